The number of hydrogen-bond donors (Lipinski definition) is 1. The van der Waals surface area contributed by atoms with E-state index >= 15 is 0 Å². The number of carboxylic acids is 1. The van der Waals surface area contributed by atoms with Gasteiger partial charge in [-0.2, -0.15) is 0 Å². The maximum atomic E-state index is 13.1. The minimum atomic E-state index is -0.949. The van der Waals surface area contributed by atoms with Gasteiger partial charge in [0.25, 0.3) is 5.91 Å². The number of amides is 1. The quantitative estimate of drug-likeness (QED) is 0.915. The number of hydrogen-bond acceptors (Lipinski definition) is 3. The lowest BCUT2D eigenvalue weighted by molar-refractivity contribution is -0.143. The first-order valence-corrected chi connectivity index (χ1v) is 8.69. The Hall–Kier alpha value is -2.21. The molecule has 1 amide bonds. The number of carbonyl (C=O) groups is 2. The van der Waals surface area contributed by atoms with E-state index < -0.39 is 12.0 Å². The topological polar surface area (TPSA) is 57.6 Å². The van der Waals surface area contributed by atoms with E-state index in [4.69, 9.17) is 0 Å². The van der Waals surface area contributed by atoms with Crippen LogP contribution >= 0.6 is 11.3 Å². The molecule has 1 aromatic heterocycles. The molecule has 1 saturated heterocycles. The fourth-order valence-corrected chi connectivity index (χ4v) is 4.07. The van der Waals surface area contributed by atoms with E-state index in [0.29, 0.717) is 17.8 Å². The lowest BCUT2D eigenvalue weighted by atomic mass is 10.0. The molecule has 2 aromatic rings. The molecule has 0 aliphatic carbocycles. The van der Waals surface area contributed by atoms with Crippen molar-refractivity contribution in [2.75, 3.05) is 6.54 Å². The van der Waals surface area contributed by atoms with Gasteiger partial charge in [0, 0.05) is 11.4 Å². The second-order valence-electron chi connectivity index (χ2n) is 5.94. The number of aryl methyl sites for hydroxylation is 1. The fraction of sp³-hybridized carbons (Fsp3) is 0.333. The summed E-state index contributed by atoms with van der Waals surface area (Å²) in [6, 6.07) is 7.17. The fourth-order valence-electron chi connectivity index (χ4n) is 3.08. The van der Waals surface area contributed by atoms with Crippen LogP contribution in [0.5, 0.6) is 0 Å². The summed E-state index contributed by atoms with van der Waals surface area (Å²) in [5.41, 5.74) is 1.73. The maximum absolute atomic E-state index is 13.1. The van der Waals surface area contributed by atoms with Gasteiger partial charge in [-0.15, -0.1) is 11.3 Å². The zero-order valence-corrected chi connectivity index (χ0v) is 14.1. The summed E-state index contributed by atoms with van der Waals surface area (Å²) in [4.78, 5) is 27.1. The minimum absolute atomic E-state index is 0.233. The normalized spacial score (nSPS) is 17.8. The third-order valence-electron chi connectivity index (χ3n) is 4.33. The van der Waals surface area contributed by atoms with Crippen LogP contribution in [0.3, 0.4) is 0 Å². The van der Waals surface area contributed by atoms with Crippen molar-refractivity contribution in [3.05, 3.63) is 45.9 Å². The van der Waals surface area contributed by atoms with Crippen molar-refractivity contribution < 1.29 is 19.1 Å². The Morgan fingerprint density at radius 3 is 2.62 bits per heavy atom. The van der Waals surface area contributed by atoms with Crippen LogP contribution in [0.1, 0.15) is 33.8 Å². The third kappa shape index (κ3) is 3.19. The van der Waals surface area contributed by atoms with Crippen molar-refractivity contribution in [1.82, 2.24) is 4.90 Å². The van der Waals surface area contributed by atoms with Gasteiger partial charge in [0.05, 0.1) is 4.88 Å². The molecule has 1 aliphatic rings. The van der Waals surface area contributed by atoms with Gasteiger partial charge in [-0.25, -0.2) is 9.18 Å². The van der Waals surface area contributed by atoms with Crippen LogP contribution in [-0.4, -0.2) is 34.5 Å². The van der Waals surface area contributed by atoms with Crippen molar-refractivity contribution in [1.29, 1.82) is 0 Å². The van der Waals surface area contributed by atoms with Gasteiger partial charge in [-0.3, -0.25) is 4.79 Å². The Bertz CT molecular complexity index is 769. The highest BCUT2D eigenvalue weighted by atomic mass is 32.1. The molecular weight excluding hydrogens is 329 g/mol. The van der Waals surface area contributed by atoms with Crippen molar-refractivity contribution in [3.63, 3.8) is 0 Å². The summed E-state index contributed by atoms with van der Waals surface area (Å²) in [6.45, 7) is 2.38. The van der Waals surface area contributed by atoms with Crippen LogP contribution in [0.2, 0.25) is 0 Å². The molecule has 126 valence electrons. The summed E-state index contributed by atoms with van der Waals surface area (Å²) < 4.78 is 13.1. The predicted molar refractivity (Wildman–Crippen MR) is 90.8 cm³/mol. The number of halogens is 1. The van der Waals surface area contributed by atoms with Crippen molar-refractivity contribution in [2.45, 2.75) is 32.2 Å². The van der Waals surface area contributed by atoms with Crippen molar-refractivity contribution in [2.24, 2.45) is 0 Å². The average molecular weight is 347 g/mol. The molecule has 0 bridgehead atoms. The Kier molecular flexibility index (Phi) is 4.66. The molecule has 1 aliphatic heterocycles. The molecule has 0 saturated carbocycles. The van der Waals surface area contributed by atoms with Gasteiger partial charge in [0.2, 0.25) is 0 Å². The molecule has 24 heavy (non-hydrogen) atoms. The Balaban J connectivity index is 1.89. The second kappa shape index (κ2) is 6.73. The lowest BCUT2D eigenvalue weighted by Crippen LogP contribution is -2.47. The average Bonchev–Trinajstić information content (AvgIpc) is 2.96. The second-order valence-corrected chi connectivity index (χ2v) is 7.19. The Morgan fingerprint density at radius 2 is 1.96 bits per heavy atom. The molecule has 4 nitrogen and oxygen atoms in total. The van der Waals surface area contributed by atoms with Gasteiger partial charge in [0.15, 0.2) is 0 Å². The zero-order chi connectivity index (χ0) is 17.3. The number of benzene rings is 1. The van der Waals surface area contributed by atoms with E-state index in [9.17, 15) is 19.1 Å². The van der Waals surface area contributed by atoms with Crippen LogP contribution in [0.4, 0.5) is 4.39 Å². The Labute approximate surface area is 143 Å². The monoisotopic (exact) mass is 347 g/mol. The van der Waals surface area contributed by atoms with Gasteiger partial charge >= 0.3 is 5.97 Å². The summed E-state index contributed by atoms with van der Waals surface area (Å²) in [5, 5.41) is 9.34. The highest BCUT2D eigenvalue weighted by Gasteiger charge is 2.33. The largest absolute Gasteiger partial charge is 0.480 e. The highest BCUT2D eigenvalue weighted by Crippen LogP contribution is 2.33. The molecule has 1 N–H and O–H groups in total. The maximum Gasteiger partial charge on any atom is 0.326 e. The van der Waals surface area contributed by atoms with E-state index in [1.54, 1.807) is 18.2 Å². The van der Waals surface area contributed by atoms with Crippen LogP contribution in [0, 0.1) is 12.7 Å². The molecule has 3 rings (SSSR count). The molecule has 6 heteroatoms. The SMILES string of the molecule is Cc1sc(C(=O)N2CCCC[C@@H]2C(=O)O)cc1-c1ccc(F)cc1. The molecule has 0 spiro atoms. The van der Waals surface area contributed by atoms with Gasteiger partial charge in [0.1, 0.15) is 11.9 Å². The number of carboxylic acid groups (broad SMARTS) is 1. The summed E-state index contributed by atoms with van der Waals surface area (Å²) >= 11 is 1.35. The first-order chi connectivity index (χ1) is 11.5. The van der Waals surface area contributed by atoms with E-state index in [0.717, 1.165) is 28.8 Å². The number of piperidine rings is 1. The standard InChI is InChI=1S/C18H18FNO3S/c1-11-14(12-5-7-13(19)8-6-12)10-16(24-11)17(21)20-9-3-2-4-15(20)18(22)23/h5-8,10,15H,2-4,9H2,1H3,(H,22,23)/t15-/m1/s1. The predicted octanol–water partition coefficient (Wildman–Crippen LogP) is 3.94. The summed E-state index contributed by atoms with van der Waals surface area (Å²) in [6.07, 6.45) is 2.14. The number of nitrogens with zero attached hydrogens (tertiary/aromatic N) is 1. The third-order valence-corrected chi connectivity index (χ3v) is 5.37. The van der Waals surface area contributed by atoms with Crippen LogP contribution in [-0.2, 0) is 4.79 Å². The van der Waals surface area contributed by atoms with E-state index in [1.165, 1.54) is 28.4 Å². The number of thiophene rings is 1. The Morgan fingerprint density at radius 1 is 1.25 bits per heavy atom. The number of aliphatic carboxylic acids is 1. The molecular formula is C18H18FNO3S. The molecule has 1 atom stereocenters. The van der Waals surface area contributed by atoms with E-state index in [2.05, 4.69) is 0 Å². The molecule has 1 fully saturated rings. The first-order valence-electron chi connectivity index (χ1n) is 7.87. The van der Waals surface area contributed by atoms with Crippen molar-refractivity contribution >= 4 is 23.2 Å². The zero-order valence-electron chi connectivity index (χ0n) is 13.3. The van der Waals surface area contributed by atoms with E-state index in [1.807, 2.05) is 6.92 Å². The van der Waals surface area contributed by atoms with Gasteiger partial charge < -0.3 is 10.0 Å². The molecule has 2 heterocycles. The minimum Gasteiger partial charge on any atom is -0.480 e. The number of rotatable bonds is 3. The summed E-state index contributed by atoms with van der Waals surface area (Å²) in [7, 11) is 0. The van der Waals surface area contributed by atoms with Crippen molar-refractivity contribution in [3.8, 4) is 11.1 Å². The van der Waals surface area contributed by atoms with Crippen LogP contribution in [0.15, 0.2) is 30.3 Å². The molecule has 0 unspecified atom stereocenters. The van der Waals surface area contributed by atoms with Crippen LogP contribution in [0.25, 0.3) is 11.1 Å². The smallest absolute Gasteiger partial charge is 0.326 e. The van der Waals surface area contributed by atoms with Crippen LogP contribution < -0.4 is 0 Å². The van der Waals surface area contributed by atoms with Gasteiger partial charge in [-0.05, 0) is 55.5 Å². The molecule has 1 aromatic carbocycles. The number of likely N-dealkylation sites (tertiary alicyclic amines) is 1. The molecule has 0 radical (unpaired) electrons. The van der Waals surface area contributed by atoms with Gasteiger partial charge in [-0.1, -0.05) is 12.1 Å². The highest BCUT2D eigenvalue weighted by molar-refractivity contribution is 7.14. The van der Waals surface area contributed by atoms with E-state index in [-0.39, 0.29) is 11.7 Å². The lowest BCUT2D eigenvalue weighted by Gasteiger charge is -2.32. The number of carbonyl (C=O) groups excluding carboxylic acids is 1. The first kappa shape index (κ1) is 16.6. The summed E-state index contributed by atoms with van der Waals surface area (Å²) in [5.74, 6) is -1.49.